The molecule has 0 radical (unpaired) electrons. The third-order valence-electron chi connectivity index (χ3n) is 4.06. The quantitative estimate of drug-likeness (QED) is 0.926. The Morgan fingerprint density at radius 1 is 0.957 bits per heavy atom. The first-order valence-electron chi connectivity index (χ1n) is 7.71. The summed E-state index contributed by atoms with van der Waals surface area (Å²) in [5, 5.41) is 2.94. The van der Waals surface area contributed by atoms with Crippen molar-refractivity contribution >= 4 is 11.6 Å². The summed E-state index contributed by atoms with van der Waals surface area (Å²) in [5.74, 6) is 2.01. The van der Waals surface area contributed by atoms with Gasteiger partial charge in [-0.15, -0.1) is 0 Å². The van der Waals surface area contributed by atoms with Gasteiger partial charge in [0.15, 0.2) is 11.5 Å². The van der Waals surface area contributed by atoms with Gasteiger partial charge in [-0.1, -0.05) is 18.2 Å². The number of anilines is 1. The third-order valence-corrected chi connectivity index (χ3v) is 4.06. The Morgan fingerprint density at radius 2 is 1.78 bits per heavy atom. The van der Waals surface area contributed by atoms with Crippen LogP contribution in [0.1, 0.15) is 5.56 Å². The van der Waals surface area contributed by atoms with Crippen LogP contribution in [0.25, 0.3) is 0 Å². The maximum absolute atomic E-state index is 12.5. The van der Waals surface area contributed by atoms with E-state index in [1.165, 1.54) is 0 Å². The van der Waals surface area contributed by atoms with Crippen LogP contribution in [-0.2, 0) is 11.2 Å². The molecule has 5 heteroatoms. The minimum absolute atomic E-state index is 0.0452. The minimum atomic E-state index is -0.196. The summed E-state index contributed by atoms with van der Waals surface area (Å²) in [5.41, 5.74) is 1.78. The Bertz CT molecular complexity index is 744. The lowest BCUT2D eigenvalue weighted by molar-refractivity contribution is -0.121. The molecule has 4 rings (SSSR count). The molecule has 2 aliphatic heterocycles. The molecule has 1 atom stereocenters. The first kappa shape index (κ1) is 13.9. The maximum Gasteiger partial charge on any atom is 0.231 e. The third kappa shape index (κ3) is 2.82. The molecule has 1 unspecified atom stereocenters. The Kier molecular flexibility index (Phi) is 3.54. The van der Waals surface area contributed by atoms with Crippen LogP contribution in [0.4, 0.5) is 5.69 Å². The van der Waals surface area contributed by atoms with Gasteiger partial charge in [-0.3, -0.25) is 4.79 Å². The molecular formula is C18H17NO4. The lowest BCUT2D eigenvalue weighted by Crippen LogP contribution is -2.32. The highest BCUT2D eigenvalue weighted by molar-refractivity contribution is 5.93. The number of hydrogen-bond donors (Lipinski definition) is 1. The number of rotatable bonds is 2. The molecule has 23 heavy (non-hydrogen) atoms. The van der Waals surface area contributed by atoms with Gasteiger partial charge in [0.25, 0.3) is 0 Å². The molecule has 0 aromatic heterocycles. The molecular weight excluding hydrogens is 294 g/mol. The first-order chi connectivity index (χ1) is 11.3. The number of carbonyl (C=O) groups excluding carboxylic acids is 1. The monoisotopic (exact) mass is 311 g/mol. The zero-order valence-electron chi connectivity index (χ0n) is 12.6. The van der Waals surface area contributed by atoms with E-state index in [0.29, 0.717) is 43.4 Å². The predicted octanol–water partition coefficient (Wildman–Crippen LogP) is 2.65. The Balaban J connectivity index is 1.46. The first-order valence-corrected chi connectivity index (χ1v) is 7.71. The van der Waals surface area contributed by atoms with Crippen LogP contribution in [-0.4, -0.2) is 25.7 Å². The summed E-state index contributed by atoms with van der Waals surface area (Å²) in [7, 11) is 0. The van der Waals surface area contributed by atoms with E-state index < -0.39 is 0 Å². The highest BCUT2D eigenvalue weighted by atomic mass is 16.6. The predicted molar refractivity (Wildman–Crippen MR) is 85.2 cm³/mol. The smallest absolute Gasteiger partial charge is 0.231 e. The molecule has 1 N–H and O–H groups in total. The fraction of sp³-hybridized carbons (Fsp3) is 0.278. The van der Waals surface area contributed by atoms with E-state index >= 15 is 0 Å². The second-order valence-electron chi connectivity index (χ2n) is 5.67. The molecule has 0 aliphatic carbocycles. The van der Waals surface area contributed by atoms with E-state index in [1.54, 1.807) is 6.07 Å². The number of benzene rings is 2. The zero-order valence-corrected chi connectivity index (χ0v) is 12.6. The average Bonchev–Trinajstić information content (AvgIpc) is 2.61. The van der Waals surface area contributed by atoms with Crippen LogP contribution in [0.2, 0.25) is 0 Å². The molecule has 2 heterocycles. The minimum Gasteiger partial charge on any atom is -0.492 e. The van der Waals surface area contributed by atoms with Gasteiger partial charge in [-0.05, 0) is 30.2 Å². The van der Waals surface area contributed by atoms with Gasteiger partial charge in [0.1, 0.15) is 25.6 Å². The average molecular weight is 311 g/mol. The number of fused-ring (bicyclic) bond motifs is 2. The number of nitrogens with one attached hydrogen (secondary N) is 1. The van der Waals surface area contributed by atoms with E-state index in [9.17, 15) is 4.79 Å². The standard InChI is InChI=1S/C18H17NO4/c20-18(13-9-12-3-1-2-4-15(12)23-11-13)19-14-5-6-16-17(10-14)22-8-7-21-16/h1-6,10,13H,7-9,11H2,(H,19,20). The van der Waals surface area contributed by atoms with Crippen molar-refractivity contribution < 1.29 is 19.0 Å². The molecule has 5 nitrogen and oxygen atoms in total. The summed E-state index contributed by atoms with van der Waals surface area (Å²) < 4.78 is 16.7. The van der Waals surface area contributed by atoms with Gasteiger partial charge >= 0.3 is 0 Å². The van der Waals surface area contributed by atoms with E-state index in [4.69, 9.17) is 14.2 Å². The van der Waals surface area contributed by atoms with Crippen molar-refractivity contribution in [3.05, 3.63) is 48.0 Å². The Hall–Kier alpha value is -2.69. The Labute approximate surface area is 134 Å². The normalized spacial score (nSPS) is 18.5. The van der Waals surface area contributed by atoms with Crippen LogP contribution >= 0.6 is 0 Å². The van der Waals surface area contributed by atoms with Crippen molar-refractivity contribution in [1.82, 2.24) is 0 Å². The lowest BCUT2D eigenvalue weighted by Gasteiger charge is -2.25. The van der Waals surface area contributed by atoms with Gasteiger partial charge < -0.3 is 19.5 Å². The van der Waals surface area contributed by atoms with Gasteiger partial charge in [-0.2, -0.15) is 0 Å². The topological polar surface area (TPSA) is 56.8 Å². The van der Waals surface area contributed by atoms with Gasteiger partial charge in [-0.25, -0.2) is 0 Å². The molecule has 1 amide bonds. The van der Waals surface area contributed by atoms with Crippen LogP contribution in [0.5, 0.6) is 17.2 Å². The number of carbonyl (C=O) groups is 1. The molecule has 0 saturated heterocycles. The van der Waals surface area contributed by atoms with Crippen LogP contribution in [0.3, 0.4) is 0 Å². The second-order valence-corrected chi connectivity index (χ2v) is 5.67. The molecule has 0 saturated carbocycles. The number of amides is 1. The van der Waals surface area contributed by atoms with Crippen molar-refractivity contribution in [2.24, 2.45) is 5.92 Å². The zero-order chi connectivity index (χ0) is 15.6. The van der Waals surface area contributed by atoms with Crippen molar-refractivity contribution in [3.63, 3.8) is 0 Å². The molecule has 0 fully saturated rings. The van der Waals surface area contributed by atoms with Crippen molar-refractivity contribution in [1.29, 1.82) is 0 Å². The van der Waals surface area contributed by atoms with Gasteiger partial charge in [0, 0.05) is 11.8 Å². The summed E-state index contributed by atoms with van der Waals surface area (Å²) in [4.78, 5) is 12.5. The van der Waals surface area contributed by atoms with Crippen LogP contribution in [0.15, 0.2) is 42.5 Å². The second kappa shape index (κ2) is 5.83. The van der Waals surface area contributed by atoms with E-state index in [1.807, 2.05) is 36.4 Å². The molecule has 2 aromatic carbocycles. The highest BCUT2D eigenvalue weighted by Gasteiger charge is 2.26. The lowest BCUT2D eigenvalue weighted by atomic mass is 9.96. The number of para-hydroxylation sites is 1. The molecule has 0 spiro atoms. The SMILES string of the molecule is O=C(Nc1ccc2c(c1)OCCO2)C1COc2ccccc2C1. The highest BCUT2D eigenvalue weighted by Crippen LogP contribution is 2.33. The molecule has 2 aliphatic rings. The Morgan fingerprint density at radius 3 is 2.70 bits per heavy atom. The summed E-state index contributed by atoms with van der Waals surface area (Å²) in [6, 6.07) is 13.3. The van der Waals surface area contributed by atoms with E-state index in [-0.39, 0.29) is 11.8 Å². The fourth-order valence-electron chi connectivity index (χ4n) is 2.86. The number of ether oxygens (including phenoxy) is 3. The van der Waals surface area contributed by atoms with E-state index in [2.05, 4.69) is 5.32 Å². The molecule has 2 aromatic rings. The number of hydrogen-bond acceptors (Lipinski definition) is 4. The van der Waals surface area contributed by atoms with Crippen molar-refractivity contribution in [3.8, 4) is 17.2 Å². The van der Waals surface area contributed by atoms with Crippen LogP contribution in [0, 0.1) is 5.92 Å². The molecule has 0 bridgehead atoms. The van der Waals surface area contributed by atoms with Gasteiger partial charge in [0.05, 0.1) is 5.92 Å². The summed E-state index contributed by atoms with van der Waals surface area (Å²) >= 11 is 0. The molecule has 118 valence electrons. The van der Waals surface area contributed by atoms with Gasteiger partial charge in [0.2, 0.25) is 5.91 Å². The largest absolute Gasteiger partial charge is 0.492 e. The van der Waals surface area contributed by atoms with Crippen LogP contribution < -0.4 is 19.5 Å². The fourth-order valence-corrected chi connectivity index (χ4v) is 2.86. The maximum atomic E-state index is 12.5. The van der Waals surface area contributed by atoms with Crippen molar-refractivity contribution in [2.45, 2.75) is 6.42 Å². The van der Waals surface area contributed by atoms with E-state index in [0.717, 1.165) is 11.3 Å². The summed E-state index contributed by atoms with van der Waals surface area (Å²) in [6.45, 7) is 1.47. The summed E-state index contributed by atoms with van der Waals surface area (Å²) in [6.07, 6.45) is 0.687. The van der Waals surface area contributed by atoms with Crippen molar-refractivity contribution in [2.75, 3.05) is 25.1 Å².